The zero-order chi connectivity index (χ0) is 40.8. The molecule has 0 amide bonds. The lowest BCUT2D eigenvalue weighted by atomic mass is 10.1. The minimum atomic E-state index is -0.793. The highest BCUT2D eigenvalue weighted by atomic mass is 16.6. The molecule has 0 aliphatic heterocycles. The first-order valence-corrected chi connectivity index (χ1v) is 22.7. The number of rotatable bonds is 39. The second-order valence-corrected chi connectivity index (χ2v) is 14.7. The molecule has 0 aliphatic rings. The molecule has 0 fully saturated rings. The summed E-state index contributed by atoms with van der Waals surface area (Å²) in [5, 5.41) is 0. The lowest BCUT2D eigenvalue weighted by Gasteiger charge is -2.18. The monoisotopic (exact) mass is 779 g/mol. The van der Waals surface area contributed by atoms with Crippen LogP contribution in [0.1, 0.15) is 194 Å². The number of allylic oxidation sites excluding steroid dienone is 14. The van der Waals surface area contributed by atoms with Crippen LogP contribution in [-0.4, -0.2) is 37.2 Å². The van der Waals surface area contributed by atoms with Gasteiger partial charge in [-0.2, -0.15) is 0 Å². The van der Waals surface area contributed by atoms with Crippen molar-refractivity contribution in [2.75, 3.05) is 13.2 Å². The van der Waals surface area contributed by atoms with E-state index >= 15 is 0 Å². The fraction of sp³-hybridized carbons (Fsp3) is 0.660. The Bertz CT molecular complexity index is 1120. The van der Waals surface area contributed by atoms with Gasteiger partial charge in [-0.05, 0) is 57.8 Å². The minimum absolute atomic E-state index is 0.0928. The third-order valence-corrected chi connectivity index (χ3v) is 9.30. The van der Waals surface area contributed by atoms with Crippen LogP contribution >= 0.6 is 0 Å². The molecule has 6 heteroatoms. The summed E-state index contributed by atoms with van der Waals surface area (Å²) in [7, 11) is 0. The number of hydrogen-bond donors (Lipinski definition) is 0. The second-order valence-electron chi connectivity index (χ2n) is 14.7. The normalized spacial score (nSPS) is 12.8. The van der Waals surface area contributed by atoms with Gasteiger partial charge in [-0.15, -0.1) is 0 Å². The van der Waals surface area contributed by atoms with E-state index in [1.807, 2.05) is 30.4 Å². The van der Waals surface area contributed by atoms with Gasteiger partial charge >= 0.3 is 17.9 Å². The first kappa shape index (κ1) is 52.6. The van der Waals surface area contributed by atoms with Crippen LogP contribution in [0.3, 0.4) is 0 Å². The van der Waals surface area contributed by atoms with Gasteiger partial charge in [0.2, 0.25) is 0 Å². The lowest BCUT2D eigenvalue weighted by Crippen LogP contribution is -2.30. The molecule has 6 nitrogen and oxygen atoms in total. The lowest BCUT2D eigenvalue weighted by molar-refractivity contribution is -0.167. The summed E-state index contributed by atoms with van der Waals surface area (Å²) in [5.74, 6) is -0.947. The Morgan fingerprint density at radius 2 is 0.696 bits per heavy atom. The summed E-state index contributed by atoms with van der Waals surface area (Å²) in [4.78, 5) is 37.7. The highest BCUT2D eigenvalue weighted by Crippen LogP contribution is 2.13. The first-order chi connectivity index (χ1) is 27.5. The maximum atomic E-state index is 12.7. The summed E-state index contributed by atoms with van der Waals surface area (Å²) < 4.78 is 16.7. The predicted octanol–water partition coefficient (Wildman–Crippen LogP) is 14.5. The predicted molar refractivity (Wildman–Crippen MR) is 237 cm³/mol. The highest BCUT2D eigenvalue weighted by molar-refractivity contribution is 5.71. The van der Waals surface area contributed by atoms with Crippen molar-refractivity contribution in [3.63, 3.8) is 0 Å². The van der Waals surface area contributed by atoms with E-state index in [0.717, 1.165) is 109 Å². The van der Waals surface area contributed by atoms with Gasteiger partial charge in [0, 0.05) is 19.3 Å². The van der Waals surface area contributed by atoms with E-state index in [9.17, 15) is 14.4 Å². The topological polar surface area (TPSA) is 78.9 Å². The van der Waals surface area contributed by atoms with Gasteiger partial charge in [0.1, 0.15) is 13.2 Å². The number of unbranched alkanes of at least 4 members (excludes halogenated alkanes) is 19. The van der Waals surface area contributed by atoms with Crippen molar-refractivity contribution < 1.29 is 28.6 Å². The Morgan fingerprint density at radius 1 is 0.375 bits per heavy atom. The number of ether oxygens (including phenoxy) is 3. The van der Waals surface area contributed by atoms with Gasteiger partial charge in [0.05, 0.1) is 0 Å². The molecule has 0 N–H and O–H groups in total. The second kappa shape index (κ2) is 44.3. The van der Waals surface area contributed by atoms with Crippen LogP contribution in [0.15, 0.2) is 85.1 Å². The van der Waals surface area contributed by atoms with Crippen molar-refractivity contribution in [3.05, 3.63) is 85.1 Å². The maximum absolute atomic E-state index is 12.7. The number of carbonyl (C=O) groups is 3. The summed E-state index contributed by atoms with van der Waals surface area (Å²) in [5.41, 5.74) is 0. The smallest absolute Gasteiger partial charge is 0.306 e. The molecule has 56 heavy (non-hydrogen) atoms. The van der Waals surface area contributed by atoms with Crippen LogP contribution in [-0.2, 0) is 28.6 Å². The van der Waals surface area contributed by atoms with Crippen LogP contribution in [0.25, 0.3) is 0 Å². The van der Waals surface area contributed by atoms with Gasteiger partial charge in [-0.25, -0.2) is 0 Å². The fourth-order valence-corrected chi connectivity index (χ4v) is 5.92. The Balaban J connectivity index is 4.46. The van der Waals surface area contributed by atoms with E-state index in [-0.39, 0.29) is 31.1 Å². The van der Waals surface area contributed by atoms with Gasteiger partial charge in [0.25, 0.3) is 0 Å². The van der Waals surface area contributed by atoms with Crippen LogP contribution in [0, 0.1) is 0 Å². The SMILES string of the molecule is CC\C=C/C=C\C=C/C=C\CCCCCCCC(=O)OCC(COC(=O)CCCCCCCCCCCC)OC(=O)CCCCCCC\C=C/C=C\C=C/CC. The van der Waals surface area contributed by atoms with E-state index in [1.165, 1.54) is 44.9 Å². The standard InChI is InChI=1S/C50H82O6/c1-4-7-10-13-16-19-22-24-25-27-28-31-34-37-40-43-49(52)55-46-47(45-54-48(51)42-39-36-33-30-21-18-15-12-9-6-3)56-50(53)44-41-38-35-32-29-26-23-20-17-14-11-8-5-2/h7-8,10-11,13-14,16-17,19-20,22-25,47H,4-6,9,12,15,18,21,26-46H2,1-3H3/b10-7-,11-8-,16-13-,17-14-,22-19-,23-20-,25-24-. The Hall–Kier alpha value is -3.41. The molecular weight excluding hydrogens is 697 g/mol. The van der Waals surface area contributed by atoms with Crippen molar-refractivity contribution in [2.24, 2.45) is 0 Å². The Kier molecular flexibility index (Phi) is 41.6. The van der Waals surface area contributed by atoms with E-state index in [4.69, 9.17) is 14.2 Å². The molecule has 1 atom stereocenters. The summed E-state index contributed by atoms with van der Waals surface area (Å²) in [6, 6.07) is 0. The van der Waals surface area contributed by atoms with Crippen LogP contribution < -0.4 is 0 Å². The zero-order valence-corrected chi connectivity index (χ0v) is 36.1. The summed E-state index contributed by atoms with van der Waals surface area (Å²) in [6.45, 7) is 6.29. The summed E-state index contributed by atoms with van der Waals surface area (Å²) in [6.07, 6.45) is 55.6. The molecule has 0 spiro atoms. The largest absolute Gasteiger partial charge is 0.462 e. The molecule has 0 aromatic heterocycles. The van der Waals surface area contributed by atoms with Crippen LogP contribution in [0.5, 0.6) is 0 Å². The molecule has 0 aromatic rings. The van der Waals surface area contributed by atoms with Crippen LogP contribution in [0.4, 0.5) is 0 Å². The van der Waals surface area contributed by atoms with Crippen molar-refractivity contribution in [3.8, 4) is 0 Å². The molecule has 0 heterocycles. The van der Waals surface area contributed by atoms with Crippen molar-refractivity contribution in [1.29, 1.82) is 0 Å². The molecule has 0 aromatic carbocycles. The molecule has 0 saturated heterocycles. The quantitative estimate of drug-likeness (QED) is 0.0268. The van der Waals surface area contributed by atoms with Crippen molar-refractivity contribution in [1.82, 2.24) is 0 Å². The molecule has 0 radical (unpaired) electrons. The minimum Gasteiger partial charge on any atom is -0.462 e. The van der Waals surface area contributed by atoms with Crippen molar-refractivity contribution >= 4 is 17.9 Å². The third kappa shape index (κ3) is 41.7. The maximum Gasteiger partial charge on any atom is 0.306 e. The first-order valence-electron chi connectivity index (χ1n) is 22.7. The molecule has 0 bridgehead atoms. The van der Waals surface area contributed by atoms with Crippen molar-refractivity contribution in [2.45, 2.75) is 200 Å². The molecule has 0 rings (SSSR count). The third-order valence-electron chi connectivity index (χ3n) is 9.30. The van der Waals surface area contributed by atoms with E-state index in [1.54, 1.807) is 0 Å². The Morgan fingerprint density at radius 3 is 1.09 bits per heavy atom. The molecular formula is C50H82O6. The van der Waals surface area contributed by atoms with E-state index in [2.05, 4.69) is 75.5 Å². The zero-order valence-electron chi connectivity index (χ0n) is 36.1. The Labute approximate surface area is 344 Å². The highest BCUT2D eigenvalue weighted by Gasteiger charge is 2.19. The number of esters is 3. The average molecular weight is 779 g/mol. The van der Waals surface area contributed by atoms with E-state index in [0.29, 0.717) is 19.3 Å². The van der Waals surface area contributed by atoms with Gasteiger partial charge in [-0.1, -0.05) is 202 Å². The van der Waals surface area contributed by atoms with Gasteiger partial charge < -0.3 is 14.2 Å². The molecule has 0 aliphatic carbocycles. The fourth-order valence-electron chi connectivity index (χ4n) is 5.92. The van der Waals surface area contributed by atoms with Crippen LogP contribution in [0.2, 0.25) is 0 Å². The average Bonchev–Trinajstić information content (AvgIpc) is 3.19. The molecule has 318 valence electrons. The molecule has 0 saturated carbocycles. The molecule has 1 unspecified atom stereocenters. The van der Waals surface area contributed by atoms with E-state index < -0.39 is 6.10 Å². The number of carbonyl (C=O) groups excluding carboxylic acids is 3. The summed E-state index contributed by atoms with van der Waals surface area (Å²) >= 11 is 0. The van der Waals surface area contributed by atoms with Gasteiger partial charge in [-0.3, -0.25) is 14.4 Å². The number of hydrogen-bond acceptors (Lipinski definition) is 6. The van der Waals surface area contributed by atoms with Gasteiger partial charge in [0.15, 0.2) is 6.10 Å².